The molecule has 0 aromatic heterocycles. The number of anilines is 1. The summed E-state index contributed by atoms with van der Waals surface area (Å²) in [6.45, 7) is 3.07. The number of carboxylic acid groups (broad SMARTS) is 1. The van der Waals surface area contributed by atoms with Crippen LogP contribution < -0.4 is 4.90 Å². The second-order valence-corrected chi connectivity index (χ2v) is 5.66. The highest BCUT2D eigenvalue weighted by Gasteiger charge is 2.44. The smallest absolute Gasteiger partial charge is 0.311 e. The van der Waals surface area contributed by atoms with E-state index in [1.807, 2.05) is 17.9 Å². The number of nitrogens with zero attached hydrogens (tertiary/aromatic N) is 2. The molecule has 0 amide bonds. The van der Waals surface area contributed by atoms with Gasteiger partial charge in [0.25, 0.3) is 0 Å². The summed E-state index contributed by atoms with van der Waals surface area (Å²) >= 11 is 6.04. The minimum atomic E-state index is -0.748. The van der Waals surface area contributed by atoms with Crippen molar-refractivity contribution >= 4 is 23.3 Å². The fourth-order valence-electron chi connectivity index (χ4n) is 2.93. The van der Waals surface area contributed by atoms with Crippen LogP contribution >= 0.6 is 11.6 Å². The van der Waals surface area contributed by atoms with Crippen LogP contribution in [0, 0.1) is 16.7 Å². The van der Waals surface area contributed by atoms with Gasteiger partial charge in [0.05, 0.1) is 21.7 Å². The molecule has 0 aliphatic carbocycles. The van der Waals surface area contributed by atoms with Gasteiger partial charge in [-0.2, -0.15) is 5.26 Å². The van der Waals surface area contributed by atoms with Crippen molar-refractivity contribution in [2.75, 3.05) is 18.0 Å². The largest absolute Gasteiger partial charge is 0.481 e. The number of benzene rings is 1. The molecule has 106 valence electrons. The Morgan fingerprint density at radius 3 is 2.95 bits per heavy atom. The van der Waals surface area contributed by atoms with E-state index in [9.17, 15) is 15.2 Å². The minimum absolute atomic E-state index is 0.410. The van der Waals surface area contributed by atoms with Gasteiger partial charge >= 0.3 is 5.97 Å². The summed E-state index contributed by atoms with van der Waals surface area (Å²) in [6.07, 6.45) is 2.09. The fourth-order valence-corrected chi connectivity index (χ4v) is 3.14. The minimum Gasteiger partial charge on any atom is -0.481 e. The van der Waals surface area contributed by atoms with Crippen LogP contribution in [0.2, 0.25) is 5.02 Å². The molecule has 1 N–H and O–H groups in total. The predicted molar refractivity (Wildman–Crippen MR) is 78.0 cm³/mol. The third-order valence-corrected chi connectivity index (χ3v) is 4.30. The first-order chi connectivity index (χ1) is 9.54. The van der Waals surface area contributed by atoms with Crippen molar-refractivity contribution in [2.24, 2.45) is 5.41 Å². The molecule has 1 aliphatic heterocycles. The van der Waals surface area contributed by atoms with Gasteiger partial charge in [-0.1, -0.05) is 31.0 Å². The first-order valence-corrected chi connectivity index (χ1v) is 7.09. The van der Waals surface area contributed by atoms with Crippen LogP contribution in [0.5, 0.6) is 0 Å². The topological polar surface area (TPSA) is 64.3 Å². The Kier molecular flexibility index (Phi) is 4.20. The average molecular weight is 293 g/mol. The Bertz CT molecular complexity index is 567. The highest BCUT2D eigenvalue weighted by molar-refractivity contribution is 6.32. The molecule has 0 saturated carbocycles. The van der Waals surface area contributed by atoms with Crippen molar-refractivity contribution in [1.82, 2.24) is 0 Å². The molecule has 1 aromatic rings. The van der Waals surface area contributed by atoms with E-state index < -0.39 is 11.4 Å². The van der Waals surface area contributed by atoms with Gasteiger partial charge in [-0.3, -0.25) is 4.79 Å². The standard InChI is InChI=1S/C15H17ClN2O2/c1-2-6-15(14(19)20)7-8-18(10-15)13-5-3-4-12(16)11(13)9-17/h3-5H,2,6-8,10H2,1H3,(H,19,20). The van der Waals surface area contributed by atoms with Crippen LogP contribution in [0.1, 0.15) is 31.7 Å². The molecule has 4 nitrogen and oxygen atoms in total. The Morgan fingerprint density at radius 2 is 2.35 bits per heavy atom. The molecule has 1 heterocycles. The highest BCUT2D eigenvalue weighted by Crippen LogP contribution is 2.39. The molecule has 1 atom stereocenters. The molecular weight excluding hydrogens is 276 g/mol. The zero-order chi connectivity index (χ0) is 14.8. The van der Waals surface area contributed by atoms with Gasteiger partial charge < -0.3 is 10.0 Å². The predicted octanol–water partition coefficient (Wildman–Crippen LogP) is 3.29. The van der Waals surface area contributed by atoms with Crippen LogP contribution in [0.25, 0.3) is 0 Å². The molecule has 0 radical (unpaired) electrons. The second kappa shape index (κ2) is 5.72. The number of aliphatic carboxylic acids is 1. The zero-order valence-corrected chi connectivity index (χ0v) is 12.2. The van der Waals surface area contributed by atoms with Crippen LogP contribution in [0.3, 0.4) is 0 Å². The summed E-state index contributed by atoms with van der Waals surface area (Å²) in [7, 11) is 0. The van der Waals surface area contributed by atoms with Gasteiger partial charge in [-0.05, 0) is 25.0 Å². The summed E-state index contributed by atoms with van der Waals surface area (Å²) in [5.41, 5.74) is 0.454. The molecule has 1 saturated heterocycles. The maximum atomic E-state index is 11.6. The van der Waals surface area contributed by atoms with E-state index in [0.717, 1.165) is 12.1 Å². The van der Waals surface area contributed by atoms with E-state index in [4.69, 9.17) is 11.6 Å². The lowest BCUT2D eigenvalue weighted by Gasteiger charge is -2.25. The summed E-state index contributed by atoms with van der Waals surface area (Å²) in [5, 5.41) is 19.2. The monoisotopic (exact) mass is 292 g/mol. The van der Waals surface area contributed by atoms with Crippen molar-refractivity contribution in [3.63, 3.8) is 0 Å². The SMILES string of the molecule is CCCC1(C(=O)O)CCN(c2cccc(Cl)c2C#N)C1. The summed E-state index contributed by atoms with van der Waals surface area (Å²) < 4.78 is 0. The third kappa shape index (κ3) is 2.46. The Hall–Kier alpha value is -1.73. The Morgan fingerprint density at radius 1 is 1.60 bits per heavy atom. The fraction of sp³-hybridized carbons (Fsp3) is 0.467. The van der Waals surface area contributed by atoms with Crippen molar-refractivity contribution in [1.29, 1.82) is 5.26 Å². The molecule has 20 heavy (non-hydrogen) atoms. The Balaban J connectivity index is 2.32. The number of halogens is 1. The normalized spacial score (nSPS) is 21.8. The van der Waals surface area contributed by atoms with Gasteiger partial charge in [0.1, 0.15) is 6.07 Å². The molecule has 5 heteroatoms. The number of rotatable bonds is 4. The molecule has 1 aromatic carbocycles. The van der Waals surface area contributed by atoms with E-state index in [1.54, 1.807) is 12.1 Å². The first-order valence-electron chi connectivity index (χ1n) is 6.71. The zero-order valence-electron chi connectivity index (χ0n) is 11.4. The van der Waals surface area contributed by atoms with Crippen LogP contribution in [-0.4, -0.2) is 24.2 Å². The van der Waals surface area contributed by atoms with Gasteiger partial charge in [-0.15, -0.1) is 0 Å². The van der Waals surface area contributed by atoms with E-state index in [2.05, 4.69) is 6.07 Å². The van der Waals surface area contributed by atoms with Crippen molar-refractivity contribution in [3.8, 4) is 6.07 Å². The molecular formula is C15H17ClN2O2. The number of hydrogen-bond donors (Lipinski definition) is 1. The van der Waals surface area contributed by atoms with Gasteiger partial charge in [0, 0.05) is 13.1 Å². The van der Waals surface area contributed by atoms with E-state index in [-0.39, 0.29) is 0 Å². The average Bonchev–Trinajstić information content (AvgIpc) is 2.84. The number of nitriles is 1. The number of carbonyl (C=O) groups is 1. The molecule has 0 bridgehead atoms. The van der Waals surface area contributed by atoms with Crippen molar-refractivity contribution in [2.45, 2.75) is 26.2 Å². The van der Waals surface area contributed by atoms with Crippen molar-refractivity contribution < 1.29 is 9.90 Å². The molecule has 0 spiro atoms. The summed E-state index contributed by atoms with van der Waals surface area (Å²) in [6, 6.07) is 7.40. The summed E-state index contributed by atoms with van der Waals surface area (Å²) in [4.78, 5) is 13.6. The first kappa shape index (κ1) is 14.7. The van der Waals surface area contributed by atoms with Crippen molar-refractivity contribution in [3.05, 3.63) is 28.8 Å². The van der Waals surface area contributed by atoms with Crippen LogP contribution in [0.15, 0.2) is 18.2 Å². The van der Waals surface area contributed by atoms with Gasteiger partial charge in [-0.25, -0.2) is 0 Å². The molecule has 1 fully saturated rings. The van der Waals surface area contributed by atoms with E-state index in [0.29, 0.717) is 36.5 Å². The molecule has 1 unspecified atom stereocenters. The highest BCUT2D eigenvalue weighted by atomic mass is 35.5. The second-order valence-electron chi connectivity index (χ2n) is 5.25. The lowest BCUT2D eigenvalue weighted by molar-refractivity contribution is -0.148. The third-order valence-electron chi connectivity index (χ3n) is 3.98. The lowest BCUT2D eigenvalue weighted by atomic mass is 9.83. The maximum absolute atomic E-state index is 11.6. The quantitative estimate of drug-likeness (QED) is 0.925. The van der Waals surface area contributed by atoms with E-state index in [1.165, 1.54) is 0 Å². The van der Waals surface area contributed by atoms with Crippen LogP contribution in [-0.2, 0) is 4.79 Å². The van der Waals surface area contributed by atoms with Gasteiger partial charge in [0.2, 0.25) is 0 Å². The van der Waals surface area contributed by atoms with E-state index >= 15 is 0 Å². The molecule has 2 rings (SSSR count). The number of carboxylic acids is 1. The van der Waals surface area contributed by atoms with Crippen LogP contribution in [0.4, 0.5) is 5.69 Å². The van der Waals surface area contributed by atoms with Gasteiger partial charge in [0.15, 0.2) is 0 Å². The summed E-state index contributed by atoms with van der Waals surface area (Å²) in [5.74, 6) is -0.748. The Labute approximate surface area is 123 Å². The number of hydrogen-bond acceptors (Lipinski definition) is 3. The maximum Gasteiger partial charge on any atom is 0.311 e. The molecule has 1 aliphatic rings. The lowest BCUT2D eigenvalue weighted by Crippen LogP contribution is -2.34.